The zero-order chi connectivity index (χ0) is 27.0. The van der Waals surface area contributed by atoms with E-state index in [1.54, 1.807) is 6.92 Å². The van der Waals surface area contributed by atoms with Gasteiger partial charge in [0, 0.05) is 0 Å². The van der Waals surface area contributed by atoms with Crippen LogP contribution in [0, 0.1) is 0 Å². The average molecular weight is 583 g/mol. The molecule has 0 saturated carbocycles. The van der Waals surface area contributed by atoms with Crippen LogP contribution in [0.2, 0.25) is 0 Å². The Morgan fingerprint density at radius 3 is 1.12 bits per heavy atom. The number of hydrogen-bond acceptors (Lipinski definition) is 16. The van der Waals surface area contributed by atoms with Crippen LogP contribution in [0.1, 0.15) is 6.92 Å². The van der Waals surface area contributed by atoms with Crippen molar-refractivity contribution in [2.24, 2.45) is 0 Å². The van der Waals surface area contributed by atoms with Gasteiger partial charge in [-0.25, -0.2) is 0 Å². The van der Waals surface area contributed by atoms with Gasteiger partial charge in [-0.15, -0.1) is 0 Å². The highest BCUT2D eigenvalue weighted by atomic mass is 32.2. The van der Waals surface area contributed by atoms with Crippen molar-refractivity contribution >= 4 is 40.5 Å². The molecule has 16 nitrogen and oxygen atoms in total. The van der Waals surface area contributed by atoms with Gasteiger partial charge in [0.05, 0.1) is 51.5 Å². The Balaban J connectivity index is 0.000000646. The van der Waals surface area contributed by atoms with Crippen molar-refractivity contribution in [3.8, 4) is 0 Å². The number of aliphatic hydroxyl groups excluding tert-OH is 2. The molecule has 0 spiro atoms. The van der Waals surface area contributed by atoms with E-state index in [4.69, 9.17) is 19.7 Å². The zero-order valence-corrected chi connectivity index (χ0v) is 22.2. The van der Waals surface area contributed by atoms with Crippen LogP contribution in [0.15, 0.2) is 0 Å². The van der Waals surface area contributed by atoms with E-state index in [1.807, 2.05) is 0 Å². The lowest BCUT2D eigenvalue weighted by molar-refractivity contribution is -0.0575. The molecule has 0 unspecified atom stereocenters. The van der Waals surface area contributed by atoms with E-state index in [9.17, 15) is 33.7 Å². The quantitative estimate of drug-likeness (QED) is 0.203. The van der Waals surface area contributed by atoms with E-state index >= 15 is 0 Å². The smallest absolute Gasteiger partial charge is 0.264 e. The summed E-state index contributed by atoms with van der Waals surface area (Å²) in [4.78, 5) is 0. The molecule has 0 aromatic carbocycles. The first-order valence-electron chi connectivity index (χ1n) is 9.12. The Hall–Kier alpha value is -0.520. The minimum Gasteiger partial charge on any atom is -0.388 e. The molecule has 206 valence electrons. The van der Waals surface area contributed by atoms with Gasteiger partial charge in [0.15, 0.2) is 6.29 Å². The summed E-state index contributed by atoms with van der Waals surface area (Å²) in [7, 11) is -14.6. The monoisotopic (exact) mass is 582 g/mol. The van der Waals surface area contributed by atoms with Crippen molar-refractivity contribution in [1.29, 1.82) is 0 Å². The van der Waals surface area contributed by atoms with Crippen LogP contribution in [0.4, 0.5) is 0 Å². The lowest BCUT2D eigenvalue weighted by Crippen LogP contribution is -2.35. The maximum absolute atomic E-state index is 10.8. The van der Waals surface area contributed by atoms with Gasteiger partial charge in [0.25, 0.3) is 40.5 Å². The Morgan fingerprint density at radius 1 is 0.618 bits per heavy atom. The highest BCUT2D eigenvalue weighted by Gasteiger charge is 2.35. The Kier molecular flexibility index (Phi) is 13.5. The minimum absolute atomic E-state index is 0.249. The first kappa shape index (κ1) is 33.5. The summed E-state index contributed by atoms with van der Waals surface area (Å²) in [6.45, 7) is -0.240. The second-order valence-electron chi connectivity index (χ2n) is 7.01. The van der Waals surface area contributed by atoms with Crippen LogP contribution >= 0.6 is 0 Å². The van der Waals surface area contributed by atoms with Crippen LogP contribution in [0.25, 0.3) is 0 Å². The van der Waals surface area contributed by atoms with Crippen molar-refractivity contribution in [2.45, 2.75) is 37.6 Å². The van der Waals surface area contributed by atoms with Gasteiger partial charge in [-0.1, -0.05) is 0 Å². The summed E-state index contributed by atoms with van der Waals surface area (Å²) in [5.41, 5.74) is 0. The van der Waals surface area contributed by atoms with Crippen molar-refractivity contribution in [3.63, 3.8) is 0 Å². The van der Waals surface area contributed by atoms with Crippen molar-refractivity contribution < 1.29 is 70.1 Å². The molecule has 1 aliphatic heterocycles. The van der Waals surface area contributed by atoms with Crippen molar-refractivity contribution in [2.75, 3.05) is 51.5 Å². The molecular formula is C14H30O16S4. The van der Waals surface area contributed by atoms with Crippen LogP contribution in [0.5, 0.6) is 0 Å². The molecule has 34 heavy (non-hydrogen) atoms. The molecular weight excluding hydrogens is 552 g/mol. The Labute approximate surface area is 199 Å². The number of ether oxygens (including phenoxy) is 2. The third kappa shape index (κ3) is 18.8. The molecule has 0 aromatic heterocycles. The van der Waals surface area contributed by atoms with Gasteiger partial charge in [0.1, 0.15) is 24.4 Å². The zero-order valence-electron chi connectivity index (χ0n) is 19.0. The molecule has 1 rings (SSSR count). The summed E-state index contributed by atoms with van der Waals surface area (Å²) in [6.07, 6.45) is -1.71. The summed E-state index contributed by atoms with van der Waals surface area (Å²) in [6, 6.07) is 0. The van der Waals surface area contributed by atoms with E-state index < -0.39 is 84.4 Å². The summed E-state index contributed by atoms with van der Waals surface area (Å²) in [5.74, 6) is 0. The number of rotatable bonds is 13. The molecule has 0 radical (unpaired) electrons. The van der Waals surface area contributed by atoms with E-state index in [2.05, 4.69) is 16.7 Å². The third-order valence-corrected chi connectivity index (χ3v) is 5.65. The van der Waals surface area contributed by atoms with Gasteiger partial charge in [0.2, 0.25) is 0 Å². The molecule has 1 saturated heterocycles. The molecule has 1 heterocycles. The van der Waals surface area contributed by atoms with E-state index in [1.165, 1.54) is 0 Å². The highest BCUT2D eigenvalue weighted by Crippen LogP contribution is 2.20. The number of aliphatic hydroxyl groups is 2. The standard InChI is InChI=1S/C8H16O8S2.C6H14O8S2/c1-6-15-7(4-13-17(2,9)10)8(16-6)5-14-18(3,11)12;1-15(9,10)13-3-5(7)6(8)4-14-16(2,11)12/h6-8H,4-5H2,1-3H3;5-8H,3-4H2,1-2H3/t7-,8-;5-,6-/m11/s1. The topological polar surface area (TPSA) is 232 Å². The van der Waals surface area contributed by atoms with Gasteiger partial charge in [-0.3, -0.25) is 16.7 Å². The van der Waals surface area contributed by atoms with Gasteiger partial charge in [-0.2, -0.15) is 33.7 Å². The molecule has 1 aliphatic rings. The highest BCUT2D eigenvalue weighted by molar-refractivity contribution is 7.86. The fourth-order valence-electron chi connectivity index (χ4n) is 1.98. The molecule has 0 aliphatic carbocycles. The Morgan fingerprint density at radius 2 is 0.882 bits per heavy atom. The van der Waals surface area contributed by atoms with Crippen molar-refractivity contribution in [1.82, 2.24) is 0 Å². The normalized spacial score (nSPS) is 22.1. The van der Waals surface area contributed by atoms with Gasteiger partial charge >= 0.3 is 0 Å². The fraction of sp³-hybridized carbons (Fsp3) is 1.00. The molecule has 1 fully saturated rings. The molecule has 20 heteroatoms. The predicted octanol–water partition coefficient (Wildman–Crippen LogP) is -3.27. The SMILES string of the molecule is CC1O[C@H](COS(C)(=O)=O)[C@@H](COS(C)(=O)=O)O1.CS(=O)(=O)OC[C@@H](O)[C@H](O)COS(C)(=O)=O. The van der Waals surface area contributed by atoms with Crippen LogP contribution in [-0.2, 0) is 66.7 Å². The van der Waals surface area contributed by atoms with Crippen molar-refractivity contribution in [3.05, 3.63) is 0 Å². The molecule has 0 bridgehead atoms. The first-order chi connectivity index (χ1) is 15.1. The predicted molar refractivity (Wildman–Crippen MR) is 114 cm³/mol. The number of hydrogen-bond donors (Lipinski definition) is 2. The van der Waals surface area contributed by atoms with Crippen LogP contribution < -0.4 is 0 Å². The van der Waals surface area contributed by atoms with E-state index in [-0.39, 0.29) is 13.2 Å². The molecule has 4 atom stereocenters. The lowest BCUT2D eigenvalue weighted by atomic mass is 10.2. The second-order valence-corrected chi connectivity index (χ2v) is 13.6. The Bertz CT molecular complexity index is 949. The second kappa shape index (κ2) is 13.7. The van der Waals surface area contributed by atoms with Gasteiger partial charge < -0.3 is 19.7 Å². The van der Waals surface area contributed by atoms with E-state index in [0.29, 0.717) is 0 Å². The maximum Gasteiger partial charge on any atom is 0.264 e. The lowest BCUT2D eigenvalue weighted by Gasteiger charge is -2.16. The molecule has 0 aromatic rings. The fourth-order valence-corrected chi connectivity index (χ4v) is 3.52. The van der Waals surface area contributed by atoms with Crippen LogP contribution in [0.3, 0.4) is 0 Å². The summed E-state index contributed by atoms with van der Waals surface area (Å²) >= 11 is 0. The summed E-state index contributed by atoms with van der Waals surface area (Å²) < 4.78 is 114. The third-order valence-electron chi connectivity index (χ3n) is 3.39. The van der Waals surface area contributed by atoms with Gasteiger partial charge in [-0.05, 0) is 6.92 Å². The maximum atomic E-state index is 10.8. The van der Waals surface area contributed by atoms with E-state index in [0.717, 1.165) is 25.0 Å². The molecule has 2 N–H and O–H groups in total. The first-order valence-corrected chi connectivity index (χ1v) is 16.4. The largest absolute Gasteiger partial charge is 0.388 e. The average Bonchev–Trinajstić information content (AvgIpc) is 2.98. The summed E-state index contributed by atoms with van der Waals surface area (Å²) in [5, 5.41) is 18.3. The molecule has 0 amide bonds. The minimum atomic E-state index is -3.73. The van der Waals surface area contributed by atoms with Crippen LogP contribution in [-0.4, -0.2) is 126 Å².